The Morgan fingerprint density at radius 3 is 2.46 bits per heavy atom. The number of sulfonamides is 1. The number of carbonyl (C=O) groups is 2. The first-order valence-electron chi connectivity index (χ1n) is 11.1. The van der Waals surface area contributed by atoms with Gasteiger partial charge in [0, 0.05) is 12.6 Å². The monoisotopic (exact) mass is 507 g/mol. The number of amides is 2. The zero-order valence-corrected chi connectivity index (χ0v) is 21.1. The molecule has 1 heterocycles. The van der Waals surface area contributed by atoms with Crippen LogP contribution in [0.25, 0.3) is 0 Å². The van der Waals surface area contributed by atoms with E-state index >= 15 is 0 Å². The van der Waals surface area contributed by atoms with Crippen molar-refractivity contribution in [2.75, 3.05) is 22.7 Å². The summed E-state index contributed by atoms with van der Waals surface area (Å²) in [5, 5.41) is 5.25. The molecule has 190 valence electrons. The van der Waals surface area contributed by atoms with Gasteiger partial charge in [-0.3, -0.25) is 14.4 Å². The highest BCUT2D eigenvalue weighted by atomic mass is 32.2. The molecule has 0 bridgehead atoms. The summed E-state index contributed by atoms with van der Waals surface area (Å²) < 4.78 is 52.9. The summed E-state index contributed by atoms with van der Waals surface area (Å²) in [7, 11) is -4.12. The van der Waals surface area contributed by atoms with E-state index in [4.69, 9.17) is 9.47 Å². The lowest BCUT2D eigenvalue weighted by Crippen LogP contribution is -2.48. The van der Waals surface area contributed by atoms with E-state index < -0.39 is 33.6 Å². The van der Waals surface area contributed by atoms with Crippen LogP contribution in [0.2, 0.25) is 0 Å². The Balaban J connectivity index is 1.95. The largest absolute Gasteiger partial charge is 0.484 e. The normalized spacial score (nSPS) is 15.7. The summed E-state index contributed by atoms with van der Waals surface area (Å²) in [6.07, 6.45) is -1.35. The van der Waals surface area contributed by atoms with Gasteiger partial charge in [0.05, 0.1) is 23.7 Å². The first-order valence-corrected chi connectivity index (χ1v) is 12.6. The van der Waals surface area contributed by atoms with Crippen LogP contribution in [-0.4, -0.2) is 45.2 Å². The van der Waals surface area contributed by atoms with Gasteiger partial charge in [-0.2, -0.15) is 0 Å². The number of nitrogens with one attached hydrogen (secondary N) is 2. The Morgan fingerprint density at radius 1 is 1.20 bits per heavy atom. The van der Waals surface area contributed by atoms with Crippen LogP contribution < -0.4 is 19.7 Å². The minimum Gasteiger partial charge on any atom is -0.484 e. The Hall–Kier alpha value is -3.34. The zero-order valence-electron chi connectivity index (χ0n) is 20.3. The first kappa shape index (κ1) is 26.3. The van der Waals surface area contributed by atoms with Gasteiger partial charge < -0.3 is 14.8 Å². The number of carbonyl (C=O) groups excluding carboxylic acids is 2. The Labute approximate surface area is 204 Å². The summed E-state index contributed by atoms with van der Waals surface area (Å²) >= 11 is 0. The maximum absolute atomic E-state index is 13.5. The summed E-state index contributed by atoms with van der Waals surface area (Å²) in [5.41, 5.74) is -0.220. The van der Waals surface area contributed by atoms with Gasteiger partial charge in [0.15, 0.2) is 0 Å². The second-order valence-electron chi connectivity index (χ2n) is 9.12. The molecule has 0 aromatic heterocycles. The molecule has 1 aliphatic heterocycles. The van der Waals surface area contributed by atoms with Gasteiger partial charge >= 0.3 is 6.09 Å². The second kappa shape index (κ2) is 10.1. The number of nitrogens with zero attached hydrogens (tertiary/aromatic N) is 1. The predicted octanol–water partition coefficient (Wildman–Crippen LogP) is 3.90. The maximum Gasteiger partial charge on any atom is 0.412 e. The number of hydrogen-bond donors (Lipinski definition) is 2. The quantitative estimate of drug-likeness (QED) is 0.588. The second-order valence-corrected chi connectivity index (χ2v) is 11.0. The van der Waals surface area contributed by atoms with Crippen LogP contribution in [0.3, 0.4) is 0 Å². The van der Waals surface area contributed by atoms with Gasteiger partial charge in [-0.15, -0.1) is 0 Å². The number of fused-ring (bicyclic) bond motifs is 1. The molecule has 2 aromatic carbocycles. The van der Waals surface area contributed by atoms with Gasteiger partial charge in [-0.25, -0.2) is 17.6 Å². The maximum atomic E-state index is 13.5. The van der Waals surface area contributed by atoms with E-state index in [9.17, 15) is 22.4 Å². The van der Waals surface area contributed by atoms with Gasteiger partial charge in [-0.05, 0) is 62.2 Å². The molecule has 0 radical (unpaired) electrons. The van der Waals surface area contributed by atoms with E-state index in [1.807, 2.05) is 13.8 Å². The number of ether oxygens (including phenoxy) is 2. The fourth-order valence-corrected chi connectivity index (χ4v) is 4.71. The van der Waals surface area contributed by atoms with E-state index in [1.54, 1.807) is 19.9 Å². The molecule has 1 unspecified atom stereocenters. The van der Waals surface area contributed by atoms with Crippen LogP contribution in [0.15, 0.2) is 47.4 Å². The molecule has 0 aliphatic carbocycles. The van der Waals surface area contributed by atoms with Crippen LogP contribution in [0.5, 0.6) is 5.75 Å². The third-order valence-corrected chi connectivity index (χ3v) is 7.66. The summed E-state index contributed by atoms with van der Waals surface area (Å²) in [4.78, 5) is 23.7. The SMILES string of the molecule is CC(=O)NCC1CN(S(=O)(=O)c2ccc(F)cc2)c2cc(NC(=O)OC(C)(C)C(C)C)ccc2O1. The van der Waals surface area contributed by atoms with Crippen molar-refractivity contribution in [2.45, 2.75) is 51.2 Å². The summed E-state index contributed by atoms with van der Waals surface area (Å²) in [6, 6.07) is 9.04. The van der Waals surface area contributed by atoms with E-state index in [0.29, 0.717) is 5.69 Å². The third-order valence-electron chi connectivity index (χ3n) is 5.86. The number of halogens is 1. The van der Waals surface area contributed by atoms with Gasteiger partial charge in [-0.1, -0.05) is 13.8 Å². The minimum absolute atomic E-state index is 0.0714. The van der Waals surface area contributed by atoms with Gasteiger partial charge in [0.25, 0.3) is 10.0 Å². The number of hydrogen-bond acceptors (Lipinski definition) is 6. The summed E-state index contributed by atoms with van der Waals surface area (Å²) in [5.74, 6) is -0.528. The smallest absolute Gasteiger partial charge is 0.412 e. The molecule has 9 nitrogen and oxygen atoms in total. The molecule has 0 spiro atoms. The van der Waals surface area contributed by atoms with Gasteiger partial charge in [0.2, 0.25) is 5.91 Å². The van der Waals surface area contributed by atoms with E-state index in [1.165, 1.54) is 31.2 Å². The van der Waals surface area contributed by atoms with Crippen molar-refractivity contribution in [2.24, 2.45) is 5.92 Å². The van der Waals surface area contributed by atoms with Gasteiger partial charge in [0.1, 0.15) is 23.3 Å². The van der Waals surface area contributed by atoms with Crippen LogP contribution in [0.1, 0.15) is 34.6 Å². The number of rotatable bonds is 7. The molecule has 2 amide bonds. The Morgan fingerprint density at radius 2 is 1.86 bits per heavy atom. The first-order chi connectivity index (χ1) is 16.3. The minimum atomic E-state index is -4.12. The van der Waals surface area contributed by atoms with E-state index in [0.717, 1.165) is 16.4 Å². The third kappa shape index (κ3) is 6.21. The molecule has 1 aliphatic rings. The van der Waals surface area contributed by atoms with Crippen molar-refractivity contribution in [3.05, 3.63) is 48.3 Å². The molecule has 2 aromatic rings. The van der Waals surface area contributed by atoms with Crippen LogP contribution in [-0.2, 0) is 19.6 Å². The Kier molecular flexibility index (Phi) is 7.59. The molecule has 1 atom stereocenters. The van der Waals surface area contributed by atoms with Crippen molar-refractivity contribution in [1.82, 2.24) is 5.32 Å². The molecule has 0 saturated carbocycles. The zero-order chi connectivity index (χ0) is 26.0. The number of benzene rings is 2. The highest BCUT2D eigenvalue weighted by Crippen LogP contribution is 2.39. The lowest BCUT2D eigenvalue weighted by Gasteiger charge is -2.36. The van der Waals surface area contributed by atoms with Crippen LogP contribution in [0, 0.1) is 11.7 Å². The highest BCUT2D eigenvalue weighted by molar-refractivity contribution is 7.92. The lowest BCUT2D eigenvalue weighted by atomic mass is 9.95. The fraction of sp³-hybridized carbons (Fsp3) is 0.417. The molecule has 0 saturated heterocycles. The average Bonchev–Trinajstić information content (AvgIpc) is 2.77. The Bertz CT molecular complexity index is 1200. The standard InChI is InChI=1S/C24H30FN3O6S/c1-15(2)24(4,5)34-23(30)27-18-8-11-22-21(12-18)28(14-19(33-22)13-26-16(3)29)35(31,32)20-9-6-17(25)7-10-20/h6-12,15,19H,13-14H2,1-5H3,(H,26,29)(H,27,30). The summed E-state index contributed by atoms with van der Waals surface area (Å²) in [6.45, 7) is 8.77. The molecule has 11 heteroatoms. The van der Waals surface area contributed by atoms with Crippen molar-refractivity contribution in [3.63, 3.8) is 0 Å². The molecule has 2 N–H and O–H groups in total. The molecular weight excluding hydrogens is 477 g/mol. The highest BCUT2D eigenvalue weighted by Gasteiger charge is 2.35. The molecule has 3 rings (SSSR count). The van der Waals surface area contributed by atoms with E-state index in [-0.39, 0.29) is 41.2 Å². The van der Waals surface area contributed by atoms with Crippen molar-refractivity contribution in [1.29, 1.82) is 0 Å². The molecular formula is C24H30FN3O6S. The van der Waals surface area contributed by atoms with Crippen molar-refractivity contribution in [3.8, 4) is 5.75 Å². The fourth-order valence-electron chi connectivity index (χ4n) is 3.22. The molecule has 35 heavy (non-hydrogen) atoms. The number of anilines is 2. The van der Waals surface area contributed by atoms with Crippen LogP contribution in [0.4, 0.5) is 20.6 Å². The lowest BCUT2D eigenvalue weighted by molar-refractivity contribution is -0.119. The van der Waals surface area contributed by atoms with Crippen molar-refractivity contribution >= 4 is 33.4 Å². The van der Waals surface area contributed by atoms with Crippen molar-refractivity contribution < 1.29 is 31.9 Å². The predicted molar refractivity (Wildman–Crippen MR) is 129 cm³/mol. The van der Waals surface area contributed by atoms with Crippen LogP contribution >= 0.6 is 0 Å². The van der Waals surface area contributed by atoms with E-state index in [2.05, 4.69) is 10.6 Å². The topological polar surface area (TPSA) is 114 Å². The average molecular weight is 508 g/mol. The molecule has 0 fully saturated rings.